The minimum Gasteiger partial charge on any atom is -0.464 e. The quantitative estimate of drug-likeness (QED) is 0.684. The van der Waals surface area contributed by atoms with Gasteiger partial charge < -0.3 is 14.1 Å². The van der Waals surface area contributed by atoms with Crippen molar-refractivity contribution in [1.29, 1.82) is 0 Å². The third-order valence-electron chi connectivity index (χ3n) is 4.40. The molecule has 0 bridgehead atoms. The van der Waals surface area contributed by atoms with Crippen molar-refractivity contribution in [2.75, 3.05) is 13.1 Å². The molecule has 0 aliphatic carbocycles. The maximum absolute atomic E-state index is 14.1. The summed E-state index contributed by atoms with van der Waals surface area (Å²) in [4.78, 5) is 14.0. The highest BCUT2D eigenvalue weighted by Gasteiger charge is 2.36. The first-order chi connectivity index (χ1) is 12.0. The minimum absolute atomic E-state index is 0.117. The molecule has 0 saturated carbocycles. The number of furan rings is 1. The van der Waals surface area contributed by atoms with Gasteiger partial charge in [-0.15, -0.1) is 0 Å². The van der Waals surface area contributed by atoms with E-state index in [4.69, 9.17) is 9.15 Å². The van der Waals surface area contributed by atoms with E-state index in [1.165, 1.54) is 12.3 Å². The van der Waals surface area contributed by atoms with Crippen LogP contribution < -0.4 is 0 Å². The van der Waals surface area contributed by atoms with Gasteiger partial charge in [-0.3, -0.25) is 0 Å². The summed E-state index contributed by atoms with van der Waals surface area (Å²) in [6, 6.07) is 2.58. The van der Waals surface area contributed by atoms with Crippen molar-refractivity contribution in [3.05, 3.63) is 41.7 Å². The molecule has 1 amide bonds. The predicted molar refractivity (Wildman–Crippen MR) is 95.7 cm³/mol. The molecule has 1 aromatic heterocycles. The van der Waals surface area contributed by atoms with Crippen LogP contribution in [0, 0.1) is 17.0 Å². The summed E-state index contributed by atoms with van der Waals surface area (Å²) < 4.78 is 38.9. The molecule has 1 aliphatic heterocycles. The van der Waals surface area contributed by atoms with Crippen molar-refractivity contribution in [3.63, 3.8) is 0 Å². The molecule has 0 N–H and O–H groups in total. The molecule has 140 valence electrons. The van der Waals surface area contributed by atoms with Crippen LogP contribution in [-0.4, -0.2) is 29.7 Å². The fraction of sp³-hybridized carbons (Fsp3) is 0.450. The number of carbonyl (C=O) groups is 1. The molecule has 3 rings (SSSR count). The molecule has 0 atom stereocenters. The van der Waals surface area contributed by atoms with Crippen LogP contribution in [0.15, 0.2) is 28.9 Å². The Bertz CT molecular complexity index is 890. The first-order valence-corrected chi connectivity index (χ1v) is 8.54. The molecule has 0 radical (unpaired) electrons. The number of carbonyl (C=O) groups excluding carboxylic acids is 1. The van der Waals surface area contributed by atoms with E-state index in [-0.39, 0.29) is 5.39 Å². The number of fused-ring (bicyclic) bond motifs is 1. The molecular formula is C20H23F2NO3. The van der Waals surface area contributed by atoms with Crippen LogP contribution in [0.4, 0.5) is 13.6 Å². The molecule has 2 heterocycles. The van der Waals surface area contributed by atoms with Gasteiger partial charge in [0.2, 0.25) is 0 Å². The number of rotatable bonds is 1. The molecular weight excluding hydrogens is 340 g/mol. The molecule has 0 saturated heterocycles. The molecule has 4 nitrogen and oxygen atoms in total. The van der Waals surface area contributed by atoms with Crippen molar-refractivity contribution >= 4 is 22.6 Å². The molecule has 26 heavy (non-hydrogen) atoms. The summed E-state index contributed by atoms with van der Waals surface area (Å²) in [5.74, 6) is -1.83. The van der Waals surface area contributed by atoms with Gasteiger partial charge >= 0.3 is 6.09 Å². The van der Waals surface area contributed by atoms with Crippen LogP contribution in [0.5, 0.6) is 0 Å². The molecule has 6 heteroatoms. The van der Waals surface area contributed by atoms with Crippen molar-refractivity contribution < 1.29 is 22.7 Å². The Morgan fingerprint density at radius 3 is 2.62 bits per heavy atom. The summed E-state index contributed by atoms with van der Waals surface area (Å²) in [7, 11) is 0. The normalized spacial score (nSPS) is 17.3. The number of hydrogen-bond donors (Lipinski definition) is 0. The van der Waals surface area contributed by atoms with Gasteiger partial charge in [-0.05, 0) is 38.5 Å². The Morgan fingerprint density at radius 2 is 2.00 bits per heavy atom. The second kappa shape index (κ2) is 6.11. The second-order valence-corrected chi connectivity index (χ2v) is 8.25. The van der Waals surface area contributed by atoms with E-state index in [1.807, 2.05) is 40.7 Å². The molecule has 2 aromatic rings. The fourth-order valence-corrected chi connectivity index (χ4v) is 3.32. The maximum atomic E-state index is 14.1. The summed E-state index contributed by atoms with van der Waals surface area (Å²) in [6.45, 7) is 10.1. The van der Waals surface area contributed by atoms with Crippen LogP contribution >= 0.6 is 0 Å². The zero-order valence-electron chi connectivity index (χ0n) is 15.7. The van der Waals surface area contributed by atoms with Gasteiger partial charge in [0.15, 0.2) is 11.6 Å². The number of hydrogen-bond acceptors (Lipinski definition) is 3. The van der Waals surface area contributed by atoms with Crippen molar-refractivity contribution in [2.24, 2.45) is 5.41 Å². The van der Waals surface area contributed by atoms with Crippen molar-refractivity contribution in [2.45, 2.75) is 40.2 Å². The highest BCUT2D eigenvalue weighted by atomic mass is 19.2. The lowest BCUT2D eigenvalue weighted by molar-refractivity contribution is 0.0219. The van der Waals surface area contributed by atoms with E-state index < -0.39 is 28.7 Å². The van der Waals surface area contributed by atoms with Gasteiger partial charge in [-0.25, -0.2) is 13.6 Å². The first-order valence-electron chi connectivity index (χ1n) is 8.54. The van der Waals surface area contributed by atoms with Crippen molar-refractivity contribution in [1.82, 2.24) is 4.90 Å². The van der Waals surface area contributed by atoms with Gasteiger partial charge in [-0.2, -0.15) is 0 Å². The van der Waals surface area contributed by atoms with E-state index in [0.717, 1.165) is 11.6 Å². The van der Waals surface area contributed by atoms with Gasteiger partial charge in [0.05, 0.1) is 11.6 Å². The maximum Gasteiger partial charge on any atom is 0.410 e. The Balaban J connectivity index is 1.99. The van der Waals surface area contributed by atoms with Crippen LogP contribution in [0.2, 0.25) is 0 Å². The number of benzene rings is 1. The summed E-state index contributed by atoms with van der Waals surface area (Å²) in [6.07, 6.45) is 2.80. The standard InChI is InChI=1S/C20H23F2NO3/c1-19(2,3)26-18(24)23-8-6-14(20(4,5)11-23)13-10-15(21)16(22)12-7-9-25-17(12)13/h6-7,9-10H,8,11H2,1-5H3. The van der Waals surface area contributed by atoms with Gasteiger partial charge in [0.1, 0.15) is 11.2 Å². The van der Waals surface area contributed by atoms with Crippen LogP contribution in [-0.2, 0) is 4.74 Å². The Labute approximate surface area is 151 Å². The molecule has 0 fully saturated rings. The number of nitrogens with zero attached hydrogens (tertiary/aromatic N) is 1. The Morgan fingerprint density at radius 1 is 1.31 bits per heavy atom. The monoisotopic (exact) mass is 363 g/mol. The lowest BCUT2D eigenvalue weighted by Crippen LogP contribution is -2.45. The number of ether oxygens (including phenoxy) is 1. The van der Waals surface area contributed by atoms with Crippen LogP contribution in [0.1, 0.15) is 40.2 Å². The molecule has 1 aliphatic rings. The van der Waals surface area contributed by atoms with Gasteiger partial charge in [0.25, 0.3) is 0 Å². The lowest BCUT2D eigenvalue weighted by atomic mass is 9.77. The van der Waals surface area contributed by atoms with Gasteiger partial charge in [0, 0.05) is 24.1 Å². The topological polar surface area (TPSA) is 42.7 Å². The smallest absolute Gasteiger partial charge is 0.410 e. The average Bonchev–Trinajstić information content (AvgIpc) is 2.98. The van der Waals surface area contributed by atoms with Crippen LogP contribution in [0.25, 0.3) is 16.5 Å². The fourth-order valence-electron chi connectivity index (χ4n) is 3.32. The Hall–Kier alpha value is -2.37. The predicted octanol–water partition coefficient (Wildman–Crippen LogP) is 5.37. The third kappa shape index (κ3) is 3.32. The third-order valence-corrected chi connectivity index (χ3v) is 4.40. The second-order valence-electron chi connectivity index (χ2n) is 8.25. The van der Waals surface area contributed by atoms with Gasteiger partial charge in [-0.1, -0.05) is 19.9 Å². The van der Waals surface area contributed by atoms with E-state index in [9.17, 15) is 13.6 Å². The summed E-state index contributed by atoms with van der Waals surface area (Å²) >= 11 is 0. The lowest BCUT2D eigenvalue weighted by Gasteiger charge is -2.39. The van der Waals surface area contributed by atoms with Crippen molar-refractivity contribution in [3.8, 4) is 0 Å². The molecule has 0 unspecified atom stereocenters. The van der Waals surface area contributed by atoms with E-state index in [0.29, 0.717) is 24.2 Å². The molecule has 1 aromatic carbocycles. The zero-order valence-corrected chi connectivity index (χ0v) is 15.7. The summed E-state index contributed by atoms with van der Waals surface area (Å²) in [5, 5.41) is 0.117. The van der Waals surface area contributed by atoms with Crippen LogP contribution in [0.3, 0.4) is 0 Å². The van der Waals surface area contributed by atoms with E-state index in [2.05, 4.69) is 0 Å². The highest BCUT2D eigenvalue weighted by Crippen LogP contribution is 2.42. The minimum atomic E-state index is -0.917. The first kappa shape index (κ1) is 18.4. The van der Waals surface area contributed by atoms with E-state index >= 15 is 0 Å². The largest absolute Gasteiger partial charge is 0.464 e. The molecule has 0 spiro atoms. The van der Waals surface area contributed by atoms with E-state index in [1.54, 1.807) is 4.90 Å². The summed E-state index contributed by atoms with van der Waals surface area (Å²) in [5.41, 5.74) is 0.577. The average molecular weight is 363 g/mol. The SMILES string of the molecule is CC(C)(C)OC(=O)N1CC=C(c2cc(F)c(F)c3ccoc23)C(C)(C)C1. The highest BCUT2D eigenvalue weighted by molar-refractivity contribution is 5.92. The number of halogens is 2. The Kier molecular flexibility index (Phi) is 4.33. The number of amides is 1. The zero-order chi connectivity index (χ0) is 19.3.